The van der Waals surface area contributed by atoms with Crippen LogP contribution in [0.2, 0.25) is 0 Å². The molecule has 106 valence electrons. The maximum absolute atomic E-state index is 12.4. The van der Waals surface area contributed by atoms with E-state index in [9.17, 15) is 4.79 Å². The van der Waals surface area contributed by atoms with Crippen LogP contribution in [0.25, 0.3) is 0 Å². The standard InChI is InChI=1S/C15H23IN2O/c1-10(2)14(17)8-9-18(4)15(19)12-6-5-7-13(16)11(12)3/h5-7,10,14H,8-9,17H2,1-4H3. The lowest BCUT2D eigenvalue weighted by Crippen LogP contribution is -2.35. The molecule has 0 spiro atoms. The minimum Gasteiger partial charge on any atom is -0.342 e. The van der Waals surface area contributed by atoms with E-state index in [2.05, 4.69) is 36.4 Å². The maximum atomic E-state index is 12.4. The number of nitrogens with zero attached hydrogens (tertiary/aromatic N) is 1. The quantitative estimate of drug-likeness (QED) is 0.806. The molecule has 1 aromatic carbocycles. The van der Waals surface area contributed by atoms with Gasteiger partial charge in [-0.3, -0.25) is 4.79 Å². The SMILES string of the molecule is Cc1c(I)cccc1C(=O)N(C)CCC(N)C(C)C. The van der Waals surface area contributed by atoms with Gasteiger partial charge in [0.2, 0.25) is 0 Å². The van der Waals surface area contributed by atoms with Crippen LogP contribution in [0.1, 0.15) is 36.2 Å². The first-order valence-electron chi connectivity index (χ1n) is 6.60. The first-order valence-corrected chi connectivity index (χ1v) is 7.68. The highest BCUT2D eigenvalue weighted by molar-refractivity contribution is 14.1. The fourth-order valence-electron chi connectivity index (χ4n) is 1.82. The number of nitrogens with two attached hydrogens (primary N) is 1. The molecule has 1 aromatic rings. The van der Waals surface area contributed by atoms with Crippen molar-refractivity contribution in [2.45, 2.75) is 33.2 Å². The summed E-state index contributed by atoms with van der Waals surface area (Å²) in [5.74, 6) is 0.523. The molecule has 1 unspecified atom stereocenters. The molecule has 0 aliphatic carbocycles. The zero-order valence-corrected chi connectivity index (χ0v) is 14.3. The monoisotopic (exact) mass is 374 g/mol. The van der Waals surface area contributed by atoms with Crippen LogP contribution in [0.3, 0.4) is 0 Å². The highest BCUT2D eigenvalue weighted by Crippen LogP contribution is 2.17. The van der Waals surface area contributed by atoms with Gasteiger partial charge in [-0.25, -0.2) is 0 Å². The fourth-order valence-corrected chi connectivity index (χ4v) is 2.32. The molecular formula is C15H23IN2O. The Balaban J connectivity index is 2.69. The van der Waals surface area contributed by atoms with Gasteiger partial charge >= 0.3 is 0 Å². The van der Waals surface area contributed by atoms with E-state index in [1.807, 2.05) is 32.2 Å². The molecular weight excluding hydrogens is 351 g/mol. The maximum Gasteiger partial charge on any atom is 0.253 e. The van der Waals surface area contributed by atoms with Crippen LogP contribution in [-0.2, 0) is 0 Å². The van der Waals surface area contributed by atoms with Gasteiger partial charge in [-0.15, -0.1) is 0 Å². The summed E-state index contributed by atoms with van der Waals surface area (Å²) in [6.45, 7) is 6.90. The molecule has 0 bridgehead atoms. The van der Waals surface area contributed by atoms with Crippen molar-refractivity contribution in [3.05, 3.63) is 32.9 Å². The largest absolute Gasteiger partial charge is 0.342 e. The highest BCUT2D eigenvalue weighted by atomic mass is 127. The van der Waals surface area contributed by atoms with Crippen molar-refractivity contribution in [3.63, 3.8) is 0 Å². The first-order chi connectivity index (χ1) is 8.84. The van der Waals surface area contributed by atoms with Gasteiger partial charge in [-0.05, 0) is 59.5 Å². The van der Waals surface area contributed by atoms with Crippen LogP contribution >= 0.6 is 22.6 Å². The molecule has 2 N–H and O–H groups in total. The summed E-state index contributed by atoms with van der Waals surface area (Å²) < 4.78 is 1.12. The summed E-state index contributed by atoms with van der Waals surface area (Å²) in [6.07, 6.45) is 0.836. The van der Waals surface area contributed by atoms with Crippen LogP contribution in [-0.4, -0.2) is 30.4 Å². The molecule has 1 amide bonds. The van der Waals surface area contributed by atoms with E-state index in [1.165, 1.54) is 0 Å². The second kappa shape index (κ2) is 7.24. The van der Waals surface area contributed by atoms with Crippen LogP contribution in [0, 0.1) is 16.4 Å². The van der Waals surface area contributed by atoms with Gasteiger partial charge in [-0.2, -0.15) is 0 Å². The first kappa shape index (κ1) is 16.4. The Morgan fingerprint density at radius 1 is 1.42 bits per heavy atom. The van der Waals surface area contributed by atoms with Crippen molar-refractivity contribution >= 4 is 28.5 Å². The average molecular weight is 374 g/mol. The van der Waals surface area contributed by atoms with Crippen LogP contribution < -0.4 is 5.73 Å². The van der Waals surface area contributed by atoms with Crippen molar-refractivity contribution in [2.75, 3.05) is 13.6 Å². The molecule has 3 nitrogen and oxygen atoms in total. The molecule has 0 saturated carbocycles. The van der Waals surface area contributed by atoms with E-state index >= 15 is 0 Å². The molecule has 0 aliphatic rings. The number of carbonyl (C=O) groups is 1. The second-order valence-electron chi connectivity index (χ2n) is 5.34. The summed E-state index contributed by atoms with van der Waals surface area (Å²) in [5.41, 5.74) is 7.85. The van der Waals surface area contributed by atoms with Crippen molar-refractivity contribution in [1.82, 2.24) is 4.90 Å². The number of hydrogen-bond acceptors (Lipinski definition) is 2. The predicted molar refractivity (Wildman–Crippen MR) is 88.3 cm³/mol. The lowest BCUT2D eigenvalue weighted by molar-refractivity contribution is 0.0788. The Bertz CT molecular complexity index is 446. The minimum atomic E-state index is 0.0759. The summed E-state index contributed by atoms with van der Waals surface area (Å²) in [4.78, 5) is 14.1. The van der Waals surface area contributed by atoms with Crippen LogP contribution in [0.15, 0.2) is 18.2 Å². The normalized spacial score (nSPS) is 12.6. The van der Waals surface area contributed by atoms with E-state index in [0.29, 0.717) is 12.5 Å². The van der Waals surface area contributed by atoms with Gasteiger partial charge in [0.15, 0.2) is 0 Å². The van der Waals surface area contributed by atoms with E-state index in [0.717, 1.165) is 21.1 Å². The fraction of sp³-hybridized carbons (Fsp3) is 0.533. The summed E-state index contributed by atoms with van der Waals surface area (Å²) in [7, 11) is 1.84. The smallest absolute Gasteiger partial charge is 0.253 e. The van der Waals surface area contributed by atoms with Gasteiger partial charge in [0.25, 0.3) is 5.91 Å². The molecule has 0 saturated heterocycles. The zero-order chi connectivity index (χ0) is 14.6. The zero-order valence-electron chi connectivity index (χ0n) is 12.1. The van der Waals surface area contributed by atoms with Crippen molar-refractivity contribution < 1.29 is 4.79 Å². The second-order valence-corrected chi connectivity index (χ2v) is 6.50. The van der Waals surface area contributed by atoms with E-state index in [4.69, 9.17) is 5.73 Å². The average Bonchev–Trinajstić information content (AvgIpc) is 2.37. The molecule has 1 rings (SSSR count). The number of halogens is 1. The van der Waals surface area contributed by atoms with Crippen molar-refractivity contribution in [3.8, 4) is 0 Å². The lowest BCUT2D eigenvalue weighted by atomic mass is 10.0. The van der Waals surface area contributed by atoms with Gasteiger partial charge in [-0.1, -0.05) is 19.9 Å². The molecule has 0 heterocycles. The molecule has 1 atom stereocenters. The number of amides is 1. The molecule has 4 heteroatoms. The summed E-state index contributed by atoms with van der Waals surface area (Å²) >= 11 is 2.26. The minimum absolute atomic E-state index is 0.0759. The topological polar surface area (TPSA) is 46.3 Å². The van der Waals surface area contributed by atoms with E-state index in [-0.39, 0.29) is 11.9 Å². The van der Waals surface area contributed by atoms with Gasteiger partial charge < -0.3 is 10.6 Å². The summed E-state index contributed by atoms with van der Waals surface area (Å²) in [6, 6.07) is 5.97. The molecule has 0 fully saturated rings. The Hall–Kier alpha value is -0.620. The Morgan fingerprint density at radius 2 is 2.05 bits per heavy atom. The molecule has 0 radical (unpaired) electrons. The Labute approximate surface area is 129 Å². The Kier molecular flexibility index (Phi) is 6.26. The third-order valence-corrected chi connectivity index (χ3v) is 4.67. The lowest BCUT2D eigenvalue weighted by Gasteiger charge is -2.22. The molecule has 19 heavy (non-hydrogen) atoms. The highest BCUT2D eigenvalue weighted by Gasteiger charge is 2.16. The number of hydrogen-bond donors (Lipinski definition) is 1. The molecule has 0 aliphatic heterocycles. The number of carbonyl (C=O) groups excluding carboxylic acids is 1. The van der Waals surface area contributed by atoms with Crippen LogP contribution in [0.4, 0.5) is 0 Å². The molecule has 0 aromatic heterocycles. The third-order valence-electron chi connectivity index (χ3n) is 3.50. The summed E-state index contributed by atoms with van der Waals surface area (Å²) in [5, 5.41) is 0. The van der Waals surface area contributed by atoms with Gasteiger partial charge in [0.05, 0.1) is 0 Å². The predicted octanol–water partition coefficient (Wildman–Crippen LogP) is 3.05. The van der Waals surface area contributed by atoms with Gasteiger partial charge in [0.1, 0.15) is 0 Å². The van der Waals surface area contributed by atoms with Crippen molar-refractivity contribution in [2.24, 2.45) is 11.7 Å². The third kappa shape index (κ3) is 4.45. The number of rotatable bonds is 5. The number of benzene rings is 1. The van der Waals surface area contributed by atoms with E-state index in [1.54, 1.807) is 4.90 Å². The Morgan fingerprint density at radius 3 is 2.63 bits per heavy atom. The van der Waals surface area contributed by atoms with Crippen molar-refractivity contribution in [1.29, 1.82) is 0 Å². The van der Waals surface area contributed by atoms with Gasteiger partial charge in [0, 0.05) is 28.8 Å². The van der Waals surface area contributed by atoms with E-state index < -0.39 is 0 Å². The van der Waals surface area contributed by atoms with Crippen LogP contribution in [0.5, 0.6) is 0 Å².